The quantitative estimate of drug-likeness (QED) is 0.517. The van der Waals surface area contributed by atoms with Crippen molar-refractivity contribution in [3.05, 3.63) is 89.5 Å². The first kappa shape index (κ1) is 19.5. The Kier molecular flexibility index (Phi) is 5.24. The van der Waals surface area contributed by atoms with Gasteiger partial charge in [-0.05, 0) is 61.9 Å². The van der Waals surface area contributed by atoms with E-state index in [2.05, 4.69) is 35.3 Å². The molecule has 0 aliphatic carbocycles. The fourth-order valence-electron chi connectivity index (χ4n) is 4.30. The van der Waals surface area contributed by atoms with Crippen LogP contribution in [0.15, 0.2) is 77.9 Å². The van der Waals surface area contributed by atoms with E-state index in [-0.39, 0.29) is 12.3 Å². The maximum atomic E-state index is 6.47. The number of hydrogen-bond acceptors (Lipinski definition) is 5. The molecular formula is C26H26N2O3. The normalized spacial score (nSPS) is 19.2. The summed E-state index contributed by atoms with van der Waals surface area (Å²) in [5.41, 5.74) is 4.30. The largest absolute Gasteiger partial charge is 0.494 e. The first-order valence-corrected chi connectivity index (χ1v) is 10.8. The van der Waals surface area contributed by atoms with Crippen LogP contribution in [0.25, 0.3) is 0 Å². The Balaban J connectivity index is 1.54. The number of benzene rings is 3. The van der Waals surface area contributed by atoms with Gasteiger partial charge in [0, 0.05) is 12.0 Å². The summed E-state index contributed by atoms with van der Waals surface area (Å²) in [4.78, 5) is 0. The first-order chi connectivity index (χ1) is 15.3. The molecule has 2 heterocycles. The van der Waals surface area contributed by atoms with Crippen molar-refractivity contribution in [2.45, 2.75) is 32.5 Å². The van der Waals surface area contributed by atoms with Crippen molar-refractivity contribution in [2.24, 2.45) is 5.10 Å². The second-order valence-electron chi connectivity index (χ2n) is 7.58. The fraction of sp³-hybridized carbons (Fsp3) is 0.269. The third kappa shape index (κ3) is 3.61. The van der Waals surface area contributed by atoms with E-state index in [4.69, 9.17) is 19.3 Å². The van der Waals surface area contributed by atoms with Crippen LogP contribution in [-0.4, -0.2) is 23.9 Å². The van der Waals surface area contributed by atoms with E-state index in [0.717, 1.165) is 46.1 Å². The summed E-state index contributed by atoms with van der Waals surface area (Å²) in [6, 6.07) is 24.6. The van der Waals surface area contributed by atoms with Gasteiger partial charge in [0.15, 0.2) is 0 Å². The Morgan fingerprint density at radius 1 is 0.871 bits per heavy atom. The summed E-state index contributed by atoms with van der Waals surface area (Å²) >= 11 is 0. The first-order valence-electron chi connectivity index (χ1n) is 10.8. The van der Waals surface area contributed by atoms with Crippen molar-refractivity contribution in [2.75, 3.05) is 13.2 Å². The Labute approximate surface area is 182 Å². The van der Waals surface area contributed by atoms with Gasteiger partial charge in [-0.2, -0.15) is 5.10 Å². The number of hydrazone groups is 1. The lowest BCUT2D eigenvalue weighted by Gasteiger charge is -2.38. The molecule has 2 aliphatic rings. The maximum Gasteiger partial charge on any atom is 0.217 e. The molecule has 5 heteroatoms. The van der Waals surface area contributed by atoms with E-state index in [1.807, 2.05) is 56.3 Å². The molecule has 0 N–H and O–H groups in total. The highest BCUT2D eigenvalue weighted by Gasteiger charge is 2.41. The highest BCUT2D eigenvalue weighted by molar-refractivity contribution is 6.02. The molecular weight excluding hydrogens is 388 g/mol. The Hall–Kier alpha value is -3.47. The van der Waals surface area contributed by atoms with E-state index < -0.39 is 0 Å². The van der Waals surface area contributed by atoms with Crippen molar-refractivity contribution >= 4 is 5.71 Å². The van der Waals surface area contributed by atoms with Crippen LogP contribution in [0.5, 0.6) is 17.2 Å². The summed E-state index contributed by atoms with van der Waals surface area (Å²) in [6.07, 6.45) is 0.477. The zero-order valence-electron chi connectivity index (χ0n) is 17.8. The minimum atomic E-state index is -0.345. The van der Waals surface area contributed by atoms with Crippen molar-refractivity contribution in [1.29, 1.82) is 0 Å². The predicted octanol–water partition coefficient (Wildman–Crippen LogP) is 5.73. The number of ether oxygens (including phenoxy) is 3. The minimum Gasteiger partial charge on any atom is -0.494 e. The summed E-state index contributed by atoms with van der Waals surface area (Å²) < 4.78 is 18.0. The average Bonchev–Trinajstić information content (AvgIpc) is 3.26. The van der Waals surface area contributed by atoms with Crippen LogP contribution >= 0.6 is 0 Å². The SMILES string of the molecule is CCOc1ccc(C2=NN3[C@H](C2)c2ccccc2O[C@H]3c2ccccc2OCC)cc1. The average molecular weight is 415 g/mol. The van der Waals surface area contributed by atoms with E-state index in [1.165, 1.54) is 0 Å². The maximum absolute atomic E-state index is 6.47. The van der Waals surface area contributed by atoms with Gasteiger partial charge in [0.2, 0.25) is 6.23 Å². The monoisotopic (exact) mass is 414 g/mol. The summed E-state index contributed by atoms with van der Waals surface area (Å²) in [7, 11) is 0. The van der Waals surface area contributed by atoms with Gasteiger partial charge in [-0.25, -0.2) is 5.01 Å². The molecule has 0 aromatic heterocycles. The molecule has 0 fully saturated rings. The standard InChI is InChI=1S/C26H26N2O3/c1-3-29-19-15-13-18(14-16-19)22-17-23-20-9-5-8-12-25(20)31-26(28(23)27-22)21-10-6-7-11-24(21)30-4-2/h5-16,23,26H,3-4,17H2,1-2H3/t23-,26+/m1/s1. The van der Waals surface area contributed by atoms with Crippen molar-refractivity contribution < 1.29 is 14.2 Å². The molecule has 5 rings (SSSR count). The lowest BCUT2D eigenvalue weighted by atomic mass is 9.96. The number of nitrogens with zero attached hydrogens (tertiary/aromatic N) is 2. The second kappa shape index (κ2) is 8.34. The van der Waals surface area contributed by atoms with Crippen molar-refractivity contribution in [1.82, 2.24) is 5.01 Å². The van der Waals surface area contributed by atoms with Crippen LogP contribution in [0.4, 0.5) is 0 Å². The van der Waals surface area contributed by atoms with Crippen LogP contribution in [0, 0.1) is 0 Å². The molecule has 0 radical (unpaired) electrons. The molecule has 0 saturated carbocycles. The second-order valence-corrected chi connectivity index (χ2v) is 7.58. The molecule has 2 atom stereocenters. The molecule has 31 heavy (non-hydrogen) atoms. The lowest BCUT2D eigenvalue weighted by Crippen LogP contribution is -2.34. The van der Waals surface area contributed by atoms with Gasteiger partial charge in [-0.15, -0.1) is 0 Å². The molecule has 3 aromatic carbocycles. The zero-order valence-corrected chi connectivity index (χ0v) is 17.8. The molecule has 3 aromatic rings. The van der Waals surface area contributed by atoms with Gasteiger partial charge < -0.3 is 14.2 Å². The Bertz CT molecular complexity index is 1090. The van der Waals surface area contributed by atoms with Crippen LogP contribution in [0.1, 0.15) is 49.2 Å². The number of para-hydroxylation sites is 2. The molecule has 5 nitrogen and oxygen atoms in total. The van der Waals surface area contributed by atoms with Gasteiger partial charge >= 0.3 is 0 Å². The molecule has 0 amide bonds. The van der Waals surface area contributed by atoms with Crippen LogP contribution < -0.4 is 14.2 Å². The predicted molar refractivity (Wildman–Crippen MR) is 121 cm³/mol. The molecule has 0 bridgehead atoms. The molecule has 0 spiro atoms. The van der Waals surface area contributed by atoms with E-state index in [9.17, 15) is 0 Å². The van der Waals surface area contributed by atoms with Crippen molar-refractivity contribution in [3.63, 3.8) is 0 Å². The zero-order chi connectivity index (χ0) is 21.2. The molecule has 0 unspecified atom stereocenters. The van der Waals surface area contributed by atoms with Crippen LogP contribution in [0.2, 0.25) is 0 Å². The topological polar surface area (TPSA) is 43.3 Å². The highest BCUT2D eigenvalue weighted by Crippen LogP contribution is 2.48. The summed E-state index contributed by atoms with van der Waals surface area (Å²) in [5, 5.41) is 7.13. The summed E-state index contributed by atoms with van der Waals surface area (Å²) in [6.45, 7) is 5.24. The van der Waals surface area contributed by atoms with Crippen molar-refractivity contribution in [3.8, 4) is 17.2 Å². The number of fused-ring (bicyclic) bond motifs is 3. The number of rotatable bonds is 6. The smallest absolute Gasteiger partial charge is 0.217 e. The number of hydrogen-bond donors (Lipinski definition) is 0. The van der Waals surface area contributed by atoms with Gasteiger partial charge in [0.05, 0.1) is 30.5 Å². The highest BCUT2D eigenvalue weighted by atomic mass is 16.5. The molecule has 0 saturated heterocycles. The Morgan fingerprint density at radius 3 is 2.35 bits per heavy atom. The third-order valence-electron chi connectivity index (χ3n) is 5.68. The molecule has 158 valence electrons. The van der Waals surface area contributed by atoms with E-state index in [1.54, 1.807) is 0 Å². The third-order valence-corrected chi connectivity index (χ3v) is 5.68. The minimum absolute atomic E-state index is 0.117. The van der Waals surface area contributed by atoms with E-state index >= 15 is 0 Å². The van der Waals surface area contributed by atoms with Gasteiger partial charge in [-0.1, -0.05) is 30.3 Å². The van der Waals surface area contributed by atoms with Gasteiger partial charge in [0.1, 0.15) is 17.2 Å². The van der Waals surface area contributed by atoms with Crippen LogP contribution in [-0.2, 0) is 0 Å². The van der Waals surface area contributed by atoms with Crippen LogP contribution in [0.3, 0.4) is 0 Å². The summed E-state index contributed by atoms with van der Waals surface area (Å²) in [5.74, 6) is 2.61. The van der Waals surface area contributed by atoms with Gasteiger partial charge in [-0.3, -0.25) is 0 Å². The lowest BCUT2D eigenvalue weighted by molar-refractivity contribution is -0.0205. The van der Waals surface area contributed by atoms with Gasteiger partial charge in [0.25, 0.3) is 0 Å². The fourth-order valence-corrected chi connectivity index (χ4v) is 4.30. The Morgan fingerprint density at radius 2 is 1.58 bits per heavy atom. The van der Waals surface area contributed by atoms with E-state index in [0.29, 0.717) is 13.2 Å². The molecule has 2 aliphatic heterocycles.